The molecule has 0 N–H and O–H groups in total. The van der Waals surface area contributed by atoms with Crippen molar-refractivity contribution in [3.8, 4) is 50.4 Å². The van der Waals surface area contributed by atoms with Gasteiger partial charge >= 0.3 is 0 Å². The van der Waals surface area contributed by atoms with Gasteiger partial charge in [0.2, 0.25) is 0 Å². The number of para-hydroxylation sites is 5. The largest absolute Gasteiger partial charge is 0.311 e. The van der Waals surface area contributed by atoms with Crippen LogP contribution in [0.1, 0.15) is 0 Å². The van der Waals surface area contributed by atoms with E-state index in [0.29, 0.717) is 0 Å². The molecule has 0 fully saturated rings. The van der Waals surface area contributed by atoms with Gasteiger partial charge in [-0.15, -0.1) is 11.3 Å². The molecule has 0 spiro atoms. The fraction of sp³-hybridized carbons (Fsp3) is 0. The molecule has 0 aliphatic rings. The van der Waals surface area contributed by atoms with Crippen molar-refractivity contribution in [2.24, 2.45) is 0 Å². The van der Waals surface area contributed by atoms with Crippen LogP contribution >= 0.6 is 11.3 Å². The second-order valence-electron chi connectivity index (χ2n) is 27.2. The van der Waals surface area contributed by atoms with E-state index in [1.165, 1.54) is 130 Å². The van der Waals surface area contributed by atoms with E-state index in [1.807, 2.05) is 11.3 Å². The highest BCUT2D eigenvalue weighted by atomic mass is 32.1. The van der Waals surface area contributed by atoms with Crippen LogP contribution in [-0.4, -0.2) is 13.7 Å². The first kappa shape index (κ1) is 62.0. The third-order valence-corrected chi connectivity index (χ3v) is 22.2. The van der Waals surface area contributed by atoms with E-state index in [1.54, 1.807) is 0 Å². The van der Waals surface area contributed by atoms with E-state index in [2.05, 4.69) is 430 Å². The smallest absolute Gasteiger partial charge is 0.0641 e. The number of fused-ring (bicyclic) bond motifs is 14. The number of thiophene rings is 1. The van der Waals surface area contributed by atoms with Gasteiger partial charge in [0.25, 0.3) is 0 Å². The molecule has 0 atom stereocenters. The molecule has 21 aromatic rings. The van der Waals surface area contributed by atoms with Crippen molar-refractivity contribution < 1.29 is 0 Å². The average Bonchev–Trinajstić information content (AvgIpc) is 1.54. The summed E-state index contributed by atoms with van der Waals surface area (Å²) in [6.07, 6.45) is 0. The molecule has 0 bridgehead atoms. The number of hydrogen-bond acceptors (Lipinski definition) is 3. The molecule has 0 radical (unpaired) electrons. The summed E-state index contributed by atoms with van der Waals surface area (Å²) in [6, 6.07) is 147. The fourth-order valence-corrected chi connectivity index (χ4v) is 17.3. The standard InChI is InChI=1S/C52H34N2S.C48H33N3/c1-2-11-35(12-3-1)37-23-27-41(28-24-37)53(42-29-25-38(26-30-42)40-22-21-36-13-4-5-14-39(36)31-40)43-15-10-16-44(32-43)54-49-19-8-6-17-45(49)47-34-52-48(33-50(47)54)46-18-7-9-20-51(46)55-52;1-4-14-34(15-5-1)35-24-26-38(27-25-35)49(36-16-6-2-7-17-36)39-28-30-40(31-29-39)50-45-23-13-11-21-43(45)47-46(50)33-32-42-41-20-10-12-22-44(41)51(48(42)47)37-18-8-3-9-19-37/h1-34H;1-33H. The molecule has 17 aromatic carbocycles. The Balaban J connectivity index is 0.000000141. The Bertz CT molecular complexity index is 6840. The molecule has 4 heterocycles. The maximum Gasteiger partial charge on any atom is 0.0641 e. The molecule has 0 unspecified atom stereocenters. The molecule has 0 aliphatic carbocycles. The number of rotatable bonds is 12. The summed E-state index contributed by atoms with van der Waals surface area (Å²) < 4.78 is 9.95. The lowest BCUT2D eigenvalue weighted by Crippen LogP contribution is -2.10. The first-order valence-corrected chi connectivity index (χ1v) is 37.0. The molecule has 106 heavy (non-hydrogen) atoms. The van der Waals surface area contributed by atoms with Gasteiger partial charge in [-0.1, -0.05) is 255 Å². The van der Waals surface area contributed by atoms with Crippen molar-refractivity contribution in [1.82, 2.24) is 13.7 Å². The summed E-state index contributed by atoms with van der Waals surface area (Å²) in [5.74, 6) is 0. The molecule has 5 nitrogen and oxygen atoms in total. The summed E-state index contributed by atoms with van der Waals surface area (Å²) in [4.78, 5) is 4.70. The predicted molar refractivity (Wildman–Crippen MR) is 452 cm³/mol. The lowest BCUT2D eigenvalue weighted by Gasteiger charge is -2.26. The van der Waals surface area contributed by atoms with Crippen molar-refractivity contribution >= 4 is 142 Å². The molecule has 0 saturated carbocycles. The maximum absolute atomic E-state index is 2.44. The Kier molecular flexibility index (Phi) is 15.4. The molecular weight excluding hydrogens is 1300 g/mol. The highest BCUT2D eigenvalue weighted by Crippen LogP contribution is 2.46. The number of anilines is 6. The van der Waals surface area contributed by atoms with E-state index in [0.717, 1.165) is 51.2 Å². The van der Waals surface area contributed by atoms with Gasteiger partial charge in [0.15, 0.2) is 0 Å². The minimum absolute atomic E-state index is 1.09. The van der Waals surface area contributed by atoms with Crippen LogP contribution < -0.4 is 9.80 Å². The van der Waals surface area contributed by atoms with Gasteiger partial charge in [0, 0.05) is 104 Å². The van der Waals surface area contributed by atoms with E-state index in [9.17, 15) is 0 Å². The molecule has 0 saturated heterocycles. The molecule has 0 aliphatic heterocycles. The zero-order valence-electron chi connectivity index (χ0n) is 57.8. The molecule has 21 rings (SSSR count). The second-order valence-corrected chi connectivity index (χ2v) is 28.3. The van der Waals surface area contributed by atoms with Crippen LogP contribution in [0.15, 0.2) is 406 Å². The third kappa shape index (κ3) is 10.9. The summed E-state index contributed by atoms with van der Waals surface area (Å²) in [5, 5.41) is 12.7. The zero-order chi connectivity index (χ0) is 70.0. The number of benzene rings is 17. The SMILES string of the molecule is c1ccc(-c2ccc(N(c3ccc(-c4ccc5ccccc5c4)cc3)c3cccc(-n4c5ccccc5c5cc6sc7ccccc7c6cc54)c3)cc2)cc1.c1ccc(-c2ccc(N(c3ccccc3)c3ccc(-n4c5ccccc5c5c4ccc4c6ccccc6n(-c6ccccc6)c45)cc3)cc2)cc1. The Labute approximate surface area is 618 Å². The van der Waals surface area contributed by atoms with Crippen molar-refractivity contribution in [2.75, 3.05) is 9.80 Å². The van der Waals surface area contributed by atoms with E-state index < -0.39 is 0 Å². The molecule has 0 amide bonds. The van der Waals surface area contributed by atoms with Crippen molar-refractivity contribution in [2.45, 2.75) is 0 Å². The van der Waals surface area contributed by atoms with Crippen LogP contribution in [-0.2, 0) is 0 Å². The minimum atomic E-state index is 1.09. The van der Waals surface area contributed by atoms with Gasteiger partial charge in [0.05, 0.1) is 33.1 Å². The fourth-order valence-electron chi connectivity index (χ4n) is 16.1. The number of aromatic nitrogens is 3. The quantitative estimate of drug-likeness (QED) is 0.122. The van der Waals surface area contributed by atoms with Crippen LogP contribution in [0.4, 0.5) is 34.1 Å². The minimum Gasteiger partial charge on any atom is -0.311 e. The van der Waals surface area contributed by atoms with Crippen LogP contribution in [0.3, 0.4) is 0 Å². The Morgan fingerprint density at radius 2 is 0.613 bits per heavy atom. The van der Waals surface area contributed by atoms with Crippen LogP contribution in [0, 0.1) is 0 Å². The van der Waals surface area contributed by atoms with Gasteiger partial charge < -0.3 is 23.5 Å². The van der Waals surface area contributed by atoms with E-state index >= 15 is 0 Å². The molecular formula is C100H67N5S. The third-order valence-electron chi connectivity index (χ3n) is 21.1. The van der Waals surface area contributed by atoms with Crippen molar-refractivity contribution in [1.29, 1.82) is 0 Å². The zero-order valence-corrected chi connectivity index (χ0v) is 58.6. The number of nitrogens with zero attached hydrogens (tertiary/aromatic N) is 5. The Hall–Kier alpha value is -13.8. The normalized spacial score (nSPS) is 11.6. The van der Waals surface area contributed by atoms with Crippen LogP contribution in [0.5, 0.6) is 0 Å². The van der Waals surface area contributed by atoms with Crippen LogP contribution in [0.2, 0.25) is 0 Å². The predicted octanol–water partition coefficient (Wildman–Crippen LogP) is 28.1. The first-order valence-electron chi connectivity index (χ1n) is 36.2. The summed E-state index contributed by atoms with van der Waals surface area (Å²) in [5.41, 5.74) is 24.5. The van der Waals surface area contributed by atoms with Gasteiger partial charge in [-0.05, 0) is 196 Å². The van der Waals surface area contributed by atoms with Gasteiger partial charge in [-0.3, -0.25) is 0 Å². The van der Waals surface area contributed by atoms with Gasteiger partial charge in [-0.25, -0.2) is 0 Å². The molecule has 6 heteroatoms. The second kappa shape index (κ2) is 26.2. The molecule has 4 aromatic heterocycles. The first-order chi connectivity index (χ1) is 52.6. The maximum atomic E-state index is 2.44. The number of hydrogen-bond donors (Lipinski definition) is 0. The summed E-state index contributed by atoms with van der Waals surface area (Å²) in [7, 11) is 0. The van der Waals surface area contributed by atoms with Gasteiger partial charge in [0.1, 0.15) is 0 Å². The highest BCUT2D eigenvalue weighted by Gasteiger charge is 2.23. The summed E-state index contributed by atoms with van der Waals surface area (Å²) in [6.45, 7) is 0. The monoisotopic (exact) mass is 1370 g/mol. The highest BCUT2D eigenvalue weighted by molar-refractivity contribution is 7.25. The van der Waals surface area contributed by atoms with Crippen molar-refractivity contribution in [3.05, 3.63) is 406 Å². The van der Waals surface area contributed by atoms with Crippen LogP contribution in [0.25, 0.3) is 147 Å². The lowest BCUT2D eigenvalue weighted by atomic mass is 10.0. The Morgan fingerprint density at radius 1 is 0.189 bits per heavy atom. The lowest BCUT2D eigenvalue weighted by molar-refractivity contribution is 1.17. The average molecular weight is 1370 g/mol. The van der Waals surface area contributed by atoms with E-state index in [4.69, 9.17) is 0 Å². The molecule has 498 valence electrons. The Morgan fingerprint density at radius 3 is 1.25 bits per heavy atom. The topological polar surface area (TPSA) is 21.3 Å². The summed E-state index contributed by atoms with van der Waals surface area (Å²) >= 11 is 1.88. The van der Waals surface area contributed by atoms with Crippen molar-refractivity contribution in [3.63, 3.8) is 0 Å². The van der Waals surface area contributed by atoms with Gasteiger partial charge in [-0.2, -0.15) is 0 Å². The van der Waals surface area contributed by atoms with E-state index in [-0.39, 0.29) is 0 Å².